The predicted molar refractivity (Wildman–Crippen MR) is 163 cm³/mol. The van der Waals surface area contributed by atoms with Gasteiger partial charge in [-0.1, -0.05) is 37.3 Å². The van der Waals surface area contributed by atoms with E-state index in [1.165, 1.54) is 18.1 Å². The fourth-order valence-electron chi connectivity index (χ4n) is 4.86. The van der Waals surface area contributed by atoms with Crippen LogP contribution in [0.1, 0.15) is 46.0 Å². The molecule has 42 heavy (non-hydrogen) atoms. The summed E-state index contributed by atoms with van der Waals surface area (Å²) in [7, 11) is 0.790. The average molecular weight is 592 g/mol. The number of amides is 2. The molecule has 0 spiro atoms. The molecule has 10 heteroatoms. The highest BCUT2D eigenvalue weighted by molar-refractivity contribution is 7.90. The van der Waals surface area contributed by atoms with Crippen LogP contribution in [0.3, 0.4) is 0 Å². The Kier molecular flexibility index (Phi) is 9.57. The lowest BCUT2D eigenvalue weighted by Crippen LogP contribution is -2.31. The van der Waals surface area contributed by atoms with Crippen molar-refractivity contribution in [1.82, 2.24) is 14.2 Å². The van der Waals surface area contributed by atoms with Crippen molar-refractivity contribution in [2.45, 2.75) is 44.6 Å². The van der Waals surface area contributed by atoms with Gasteiger partial charge in [0.05, 0.1) is 18.6 Å². The van der Waals surface area contributed by atoms with Crippen molar-refractivity contribution < 1.29 is 27.5 Å². The molecule has 0 aliphatic heterocycles. The summed E-state index contributed by atoms with van der Waals surface area (Å²) in [6.07, 6.45) is 3.87. The highest BCUT2D eigenvalue weighted by Gasteiger charge is 2.21. The first-order valence-electron chi connectivity index (χ1n) is 13.8. The first-order chi connectivity index (χ1) is 20.0. The smallest absolute Gasteiger partial charge is 0.409 e. The summed E-state index contributed by atoms with van der Waals surface area (Å²) in [6.45, 7) is 4.95. The molecule has 4 rings (SSSR count). The molecule has 0 atom stereocenters. The topological polar surface area (TPSA) is 107 Å². The van der Waals surface area contributed by atoms with E-state index >= 15 is 0 Å². The molecule has 0 unspecified atom stereocenters. The normalized spacial score (nSPS) is 11.4. The van der Waals surface area contributed by atoms with E-state index in [0.29, 0.717) is 24.2 Å². The number of nitrogens with one attached hydrogen (secondary N) is 1. The minimum Gasteiger partial charge on any atom is -0.496 e. The molecule has 4 aromatic rings. The number of hydrogen-bond acceptors (Lipinski definition) is 6. The fraction of sp³-hybridized carbons (Fsp3) is 0.312. The van der Waals surface area contributed by atoms with Crippen LogP contribution < -0.4 is 9.46 Å². The zero-order valence-corrected chi connectivity index (χ0v) is 25.5. The Hall–Kier alpha value is -4.31. The number of aryl methyl sites for hydroxylation is 2. The standard InChI is InChI=1S/C32H37N3O6S/c1-6-16-35-21-26(27-18-23(11-14-28(27)35)15-17-41-32(37)34(3)4)19-24-12-13-25(20-29(24)40-5)31(36)33-42(38,39)30-10-8-7-9-22(30)2/h7-14,18,20-21H,6,15-17,19H2,1-5H3,(H,33,36). The van der Waals surface area contributed by atoms with Crippen molar-refractivity contribution in [2.24, 2.45) is 0 Å². The van der Waals surface area contributed by atoms with Gasteiger partial charge in [0, 0.05) is 56.1 Å². The summed E-state index contributed by atoms with van der Waals surface area (Å²) >= 11 is 0. The molecular formula is C32H37N3O6S. The lowest BCUT2D eigenvalue weighted by molar-refractivity contribution is 0.0980. The van der Waals surface area contributed by atoms with E-state index in [4.69, 9.17) is 9.47 Å². The minimum absolute atomic E-state index is 0.0561. The number of aromatic nitrogens is 1. The van der Waals surface area contributed by atoms with Crippen LogP contribution in [-0.4, -0.2) is 57.7 Å². The summed E-state index contributed by atoms with van der Waals surface area (Å²) < 4.78 is 41.0. The van der Waals surface area contributed by atoms with E-state index in [2.05, 4.69) is 40.6 Å². The van der Waals surface area contributed by atoms with Gasteiger partial charge in [-0.15, -0.1) is 0 Å². The molecule has 1 N–H and O–H groups in total. The van der Waals surface area contributed by atoms with Gasteiger partial charge in [-0.05, 0) is 65.9 Å². The average Bonchev–Trinajstić information content (AvgIpc) is 3.29. The largest absolute Gasteiger partial charge is 0.496 e. The van der Waals surface area contributed by atoms with Crippen LogP contribution in [0.4, 0.5) is 4.79 Å². The zero-order valence-electron chi connectivity index (χ0n) is 24.6. The Bertz CT molecular complexity index is 1710. The van der Waals surface area contributed by atoms with Crippen LogP contribution >= 0.6 is 0 Å². The Balaban J connectivity index is 1.59. The van der Waals surface area contributed by atoms with E-state index in [1.54, 1.807) is 57.4 Å². The van der Waals surface area contributed by atoms with Crippen molar-refractivity contribution >= 4 is 32.9 Å². The van der Waals surface area contributed by atoms with Crippen molar-refractivity contribution in [3.63, 3.8) is 0 Å². The summed E-state index contributed by atoms with van der Waals surface area (Å²) in [4.78, 5) is 26.2. The highest BCUT2D eigenvalue weighted by atomic mass is 32.2. The Labute approximate surface area is 247 Å². The second-order valence-electron chi connectivity index (χ2n) is 10.4. The van der Waals surface area contributed by atoms with Gasteiger partial charge in [-0.3, -0.25) is 4.79 Å². The Morgan fingerprint density at radius 2 is 1.76 bits per heavy atom. The number of fused-ring (bicyclic) bond motifs is 1. The van der Waals surface area contributed by atoms with Crippen molar-refractivity contribution in [3.05, 3.63) is 94.7 Å². The van der Waals surface area contributed by atoms with Gasteiger partial charge in [0.25, 0.3) is 15.9 Å². The number of methoxy groups -OCH3 is 1. The fourth-order valence-corrected chi connectivity index (χ4v) is 6.08. The Morgan fingerprint density at radius 1 is 1.00 bits per heavy atom. The van der Waals surface area contributed by atoms with Crippen LogP contribution in [0.25, 0.3) is 10.9 Å². The van der Waals surface area contributed by atoms with Crippen molar-refractivity contribution in [3.8, 4) is 5.75 Å². The van der Waals surface area contributed by atoms with Crippen LogP contribution in [0, 0.1) is 6.92 Å². The molecule has 0 saturated carbocycles. The van der Waals surface area contributed by atoms with E-state index in [9.17, 15) is 18.0 Å². The van der Waals surface area contributed by atoms with Crippen molar-refractivity contribution in [2.75, 3.05) is 27.8 Å². The molecule has 0 fully saturated rings. The molecule has 9 nitrogen and oxygen atoms in total. The van der Waals surface area contributed by atoms with Crippen LogP contribution in [0.5, 0.6) is 5.75 Å². The molecular weight excluding hydrogens is 554 g/mol. The third-order valence-electron chi connectivity index (χ3n) is 7.01. The molecule has 3 aromatic carbocycles. The molecule has 0 bridgehead atoms. The maximum atomic E-state index is 13.0. The molecule has 0 aliphatic carbocycles. The van der Waals surface area contributed by atoms with Gasteiger partial charge in [0.15, 0.2) is 0 Å². The number of ether oxygens (including phenoxy) is 2. The lowest BCUT2D eigenvalue weighted by atomic mass is 10.00. The van der Waals surface area contributed by atoms with Crippen LogP contribution in [0.2, 0.25) is 0 Å². The number of carbonyl (C=O) groups is 2. The monoisotopic (exact) mass is 591 g/mol. The first kappa shape index (κ1) is 30.6. The second kappa shape index (κ2) is 13.1. The zero-order chi connectivity index (χ0) is 30.4. The molecule has 0 saturated heterocycles. The maximum Gasteiger partial charge on any atom is 0.409 e. The van der Waals surface area contributed by atoms with Crippen LogP contribution in [0.15, 0.2) is 71.8 Å². The summed E-state index contributed by atoms with van der Waals surface area (Å²) in [6, 6.07) is 17.7. The third kappa shape index (κ3) is 6.94. The summed E-state index contributed by atoms with van der Waals surface area (Å²) in [5, 5.41) is 1.09. The van der Waals surface area contributed by atoms with E-state index < -0.39 is 15.9 Å². The quantitative estimate of drug-likeness (QED) is 0.253. The molecule has 1 heterocycles. The van der Waals surface area contributed by atoms with Gasteiger partial charge < -0.3 is 18.9 Å². The van der Waals surface area contributed by atoms with Gasteiger partial charge >= 0.3 is 6.09 Å². The molecule has 1 aromatic heterocycles. The molecule has 222 valence electrons. The summed E-state index contributed by atoms with van der Waals surface area (Å²) in [5.41, 5.74) is 4.83. The first-order valence-corrected chi connectivity index (χ1v) is 15.3. The molecule has 2 amide bonds. The van der Waals surface area contributed by atoms with Crippen LogP contribution in [-0.2, 0) is 34.1 Å². The molecule has 0 aliphatic rings. The summed E-state index contributed by atoms with van der Waals surface area (Å²) in [5.74, 6) is -0.249. The van der Waals surface area contributed by atoms with Crippen molar-refractivity contribution in [1.29, 1.82) is 0 Å². The second-order valence-corrected chi connectivity index (χ2v) is 12.0. The van der Waals surface area contributed by atoms with Gasteiger partial charge in [0.2, 0.25) is 0 Å². The van der Waals surface area contributed by atoms with Gasteiger partial charge in [-0.2, -0.15) is 0 Å². The Morgan fingerprint density at radius 3 is 2.45 bits per heavy atom. The third-order valence-corrected chi connectivity index (χ3v) is 8.51. The predicted octanol–water partition coefficient (Wildman–Crippen LogP) is 5.32. The molecule has 0 radical (unpaired) electrons. The maximum absolute atomic E-state index is 13.0. The number of rotatable bonds is 11. The number of sulfonamides is 1. The van der Waals surface area contributed by atoms with Gasteiger partial charge in [-0.25, -0.2) is 17.9 Å². The number of benzene rings is 3. The minimum atomic E-state index is -4.04. The van der Waals surface area contributed by atoms with E-state index in [1.807, 2.05) is 0 Å². The number of carbonyl (C=O) groups excluding carboxylic acids is 2. The number of nitrogens with zero attached hydrogens (tertiary/aromatic N) is 2. The highest BCUT2D eigenvalue weighted by Crippen LogP contribution is 2.30. The number of hydrogen-bond donors (Lipinski definition) is 1. The lowest BCUT2D eigenvalue weighted by Gasteiger charge is -2.12. The van der Waals surface area contributed by atoms with Gasteiger partial charge in [0.1, 0.15) is 5.75 Å². The van der Waals surface area contributed by atoms with E-state index in [-0.39, 0.29) is 23.2 Å². The SMILES string of the molecule is CCCn1cc(Cc2ccc(C(=O)NS(=O)(=O)c3ccccc3C)cc2OC)c2cc(CCOC(=O)N(C)C)ccc21. The van der Waals surface area contributed by atoms with E-state index in [0.717, 1.165) is 40.6 Å².